The van der Waals surface area contributed by atoms with Gasteiger partial charge in [0.25, 0.3) is 0 Å². The minimum atomic E-state index is -1.26. The zero-order chi connectivity index (χ0) is 34.7. The van der Waals surface area contributed by atoms with Crippen molar-refractivity contribution < 1.29 is 33.8 Å². The first-order chi connectivity index (χ1) is 21.5. The molecule has 3 unspecified atom stereocenters. The fourth-order valence-corrected chi connectivity index (χ4v) is 5.06. The van der Waals surface area contributed by atoms with Crippen molar-refractivity contribution in [3.63, 3.8) is 0 Å². The number of aromatic hydroxyl groups is 1. The third kappa shape index (κ3) is 12.4. The summed E-state index contributed by atoms with van der Waals surface area (Å²) in [6, 6.07) is 10.4. The lowest BCUT2D eigenvalue weighted by Crippen LogP contribution is -2.55. The first-order valence-corrected chi connectivity index (χ1v) is 16.6. The van der Waals surface area contributed by atoms with Gasteiger partial charge in [-0.1, -0.05) is 42.5 Å². The van der Waals surface area contributed by atoms with Crippen molar-refractivity contribution in [3.05, 3.63) is 77.9 Å². The fourth-order valence-electron chi connectivity index (χ4n) is 4.59. The Morgan fingerprint density at radius 2 is 1.59 bits per heavy atom. The molecule has 2 rings (SSSR count). The van der Waals surface area contributed by atoms with Crippen molar-refractivity contribution in [2.75, 3.05) is 18.6 Å². The van der Waals surface area contributed by atoms with Gasteiger partial charge in [-0.15, -0.1) is 6.58 Å². The van der Waals surface area contributed by atoms with E-state index in [4.69, 9.17) is 9.47 Å². The molecule has 0 saturated carbocycles. The summed E-state index contributed by atoms with van der Waals surface area (Å²) in [4.78, 5) is 56.2. The molecule has 0 heterocycles. The summed E-state index contributed by atoms with van der Waals surface area (Å²) in [6.45, 7) is 15.8. The van der Waals surface area contributed by atoms with Crippen LogP contribution in [0.5, 0.6) is 5.75 Å². The lowest BCUT2D eigenvalue weighted by Gasteiger charge is -2.35. The average molecular weight is 656 g/mol. The number of ether oxygens (including phenoxy) is 2. The maximum absolute atomic E-state index is 14.4. The van der Waals surface area contributed by atoms with Crippen molar-refractivity contribution in [2.24, 2.45) is 0 Å². The van der Waals surface area contributed by atoms with Crippen molar-refractivity contribution in [1.29, 1.82) is 0 Å². The highest BCUT2D eigenvalue weighted by Crippen LogP contribution is 2.28. The Hall–Kier alpha value is -3.99. The molecule has 2 aromatic carbocycles. The predicted molar refractivity (Wildman–Crippen MR) is 182 cm³/mol. The van der Waals surface area contributed by atoms with E-state index in [1.165, 1.54) is 28.8 Å². The Kier molecular flexibility index (Phi) is 14.2. The molecule has 0 fully saturated rings. The van der Waals surface area contributed by atoms with Crippen LogP contribution in [-0.4, -0.2) is 75.7 Å². The third-order valence-corrected chi connectivity index (χ3v) is 7.24. The molecule has 0 saturated heterocycles. The lowest BCUT2D eigenvalue weighted by atomic mass is 9.98. The summed E-state index contributed by atoms with van der Waals surface area (Å²) in [5.41, 5.74) is 0.0757. The van der Waals surface area contributed by atoms with Crippen LogP contribution in [0.15, 0.2) is 61.2 Å². The number of benzene rings is 2. The first-order valence-electron chi connectivity index (χ1n) is 15.2. The van der Waals surface area contributed by atoms with Crippen LogP contribution < -0.4 is 10.6 Å². The molecule has 46 heavy (non-hydrogen) atoms. The van der Waals surface area contributed by atoms with Crippen LogP contribution in [0.3, 0.4) is 0 Å². The number of aryl methyl sites for hydroxylation is 1. The molecule has 252 valence electrons. The number of rotatable bonds is 14. The Morgan fingerprint density at radius 3 is 2.13 bits per heavy atom. The predicted octanol–water partition coefficient (Wildman–Crippen LogP) is 5.47. The summed E-state index contributed by atoms with van der Waals surface area (Å²) in [5.74, 6) is -1.25. The van der Waals surface area contributed by atoms with Crippen LogP contribution in [0.2, 0.25) is 0 Å². The Balaban J connectivity index is 2.61. The first kappa shape index (κ1) is 38.2. The number of nitrogens with zero attached hydrogens (tertiary/aromatic N) is 1. The molecule has 0 spiro atoms. The van der Waals surface area contributed by atoms with Gasteiger partial charge in [0.15, 0.2) is 0 Å². The standard InChI is InChI=1S/C35H49N3O7S/c1-10-19-38(31(41)26(18-20-46-9)37-33(43)45-35(6,7)8)29(25-16-17-28(39)23(2)21-25)30(40)36-27(32(42)44-34(3,4)5)22-24-14-12-11-13-15-24/h10-17,21,26-27,29,39H,1,18-20,22H2,2-9H3,(H,36,40)(H,37,43). The summed E-state index contributed by atoms with van der Waals surface area (Å²) < 4.78 is 11.1. The normalized spacial score (nSPS) is 13.5. The number of nitrogens with one attached hydrogen (secondary N) is 2. The van der Waals surface area contributed by atoms with Crippen molar-refractivity contribution in [1.82, 2.24) is 15.5 Å². The zero-order valence-electron chi connectivity index (χ0n) is 28.2. The van der Waals surface area contributed by atoms with Gasteiger partial charge in [-0.05, 0) is 95.7 Å². The minimum Gasteiger partial charge on any atom is -0.508 e. The number of amides is 3. The van der Waals surface area contributed by atoms with E-state index in [1.54, 1.807) is 60.6 Å². The van der Waals surface area contributed by atoms with E-state index in [1.807, 2.05) is 36.6 Å². The van der Waals surface area contributed by atoms with Crippen molar-refractivity contribution in [3.8, 4) is 5.75 Å². The summed E-state index contributed by atoms with van der Waals surface area (Å²) >= 11 is 1.50. The van der Waals surface area contributed by atoms with Gasteiger partial charge in [0.2, 0.25) is 11.8 Å². The van der Waals surface area contributed by atoms with Gasteiger partial charge in [-0.25, -0.2) is 9.59 Å². The maximum Gasteiger partial charge on any atom is 0.408 e. The molecule has 3 N–H and O–H groups in total. The van der Waals surface area contributed by atoms with E-state index in [9.17, 15) is 24.3 Å². The lowest BCUT2D eigenvalue weighted by molar-refractivity contribution is -0.159. The summed E-state index contributed by atoms with van der Waals surface area (Å²) in [5, 5.41) is 15.8. The molecule has 10 nitrogen and oxygen atoms in total. The molecule has 0 aliphatic heterocycles. The molecule has 0 bridgehead atoms. The highest BCUT2D eigenvalue weighted by atomic mass is 32.2. The number of hydrogen-bond donors (Lipinski definition) is 3. The summed E-state index contributed by atoms with van der Waals surface area (Å²) in [7, 11) is 0. The van der Waals surface area contributed by atoms with Crippen LogP contribution >= 0.6 is 11.8 Å². The van der Waals surface area contributed by atoms with E-state index in [0.717, 1.165) is 5.56 Å². The number of carbonyl (C=O) groups is 4. The van der Waals surface area contributed by atoms with Gasteiger partial charge in [0.1, 0.15) is 35.1 Å². The van der Waals surface area contributed by atoms with Gasteiger partial charge in [-0.2, -0.15) is 11.8 Å². The molecule has 0 radical (unpaired) electrons. The smallest absolute Gasteiger partial charge is 0.408 e. The van der Waals surface area contributed by atoms with Crippen LogP contribution in [-0.2, 0) is 30.3 Å². The average Bonchev–Trinajstić information content (AvgIpc) is 2.94. The van der Waals surface area contributed by atoms with Gasteiger partial charge >= 0.3 is 12.1 Å². The second kappa shape index (κ2) is 17.1. The van der Waals surface area contributed by atoms with Crippen LogP contribution in [0.1, 0.15) is 70.7 Å². The molecule has 3 amide bonds. The Labute approximate surface area is 277 Å². The number of phenolic OH excluding ortho intramolecular Hbond substituents is 1. The van der Waals surface area contributed by atoms with Crippen molar-refractivity contribution >= 4 is 35.6 Å². The molecular formula is C35H49N3O7S. The van der Waals surface area contributed by atoms with Gasteiger partial charge in [-0.3, -0.25) is 9.59 Å². The fraction of sp³-hybridized carbons (Fsp3) is 0.486. The molecule has 11 heteroatoms. The zero-order valence-corrected chi connectivity index (χ0v) is 29.0. The van der Waals surface area contributed by atoms with E-state index in [-0.39, 0.29) is 25.1 Å². The molecule has 0 aromatic heterocycles. The Morgan fingerprint density at radius 1 is 0.957 bits per heavy atom. The number of alkyl carbamates (subject to hydrolysis) is 1. The molecule has 0 aliphatic carbocycles. The number of thioether (sulfide) groups is 1. The minimum absolute atomic E-state index is 0.0182. The highest BCUT2D eigenvalue weighted by Gasteiger charge is 2.38. The number of carbonyl (C=O) groups excluding carboxylic acids is 4. The SMILES string of the molecule is C=CCN(C(=O)C(CCSC)NC(=O)OC(C)(C)C)C(C(=O)NC(Cc1ccccc1)C(=O)OC(C)(C)C)c1ccc(O)c(C)c1. The largest absolute Gasteiger partial charge is 0.508 e. The van der Waals surface area contributed by atoms with Gasteiger partial charge < -0.3 is 30.1 Å². The van der Waals surface area contributed by atoms with Crippen LogP contribution in [0.4, 0.5) is 4.79 Å². The third-order valence-electron chi connectivity index (χ3n) is 6.60. The number of hydrogen-bond acceptors (Lipinski definition) is 8. The van der Waals surface area contributed by atoms with E-state index in [2.05, 4.69) is 17.2 Å². The van der Waals surface area contributed by atoms with E-state index < -0.39 is 53.2 Å². The quantitative estimate of drug-likeness (QED) is 0.180. The van der Waals surface area contributed by atoms with Gasteiger partial charge in [0, 0.05) is 13.0 Å². The maximum atomic E-state index is 14.4. The topological polar surface area (TPSA) is 134 Å². The Bertz CT molecular complexity index is 1350. The van der Waals surface area contributed by atoms with Crippen LogP contribution in [0.25, 0.3) is 0 Å². The van der Waals surface area contributed by atoms with Crippen LogP contribution in [0, 0.1) is 6.92 Å². The monoisotopic (exact) mass is 655 g/mol. The summed E-state index contributed by atoms with van der Waals surface area (Å²) in [6.07, 6.45) is 3.02. The second-order valence-corrected chi connectivity index (χ2v) is 14.0. The molecular weight excluding hydrogens is 606 g/mol. The molecule has 0 aliphatic rings. The van der Waals surface area contributed by atoms with E-state index >= 15 is 0 Å². The van der Waals surface area contributed by atoms with Crippen molar-refractivity contribution in [2.45, 2.75) is 90.6 Å². The van der Waals surface area contributed by atoms with Gasteiger partial charge in [0.05, 0.1) is 0 Å². The second-order valence-electron chi connectivity index (χ2n) is 13.0. The molecule has 3 atom stereocenters. The highest BCUT2D eigenvalue weighted by molar-refractivity contribution is 7.98. The number of esters is 1. The number of phenols is 1. The van der Waals surface area contributed by atoms with E-state index in [0.29, 0.717) is 16.9 Å². The molecule has 2 aromatic rings.